The van der Waals surface area contributed by atoms with Crippen molar-refractivity contribution in [1.82, 2.24) is 0 Å². The van der Waals surface area contributed by atoms with Gasteiger partial charge in [-0.1, -0.05) is 15.9 Å². The molecule has 0 bridgehead atoms. The van der Waals surface area contributed by atoms with E-state index in [1.807, 2.05) is 0 Å². The first-order chi connectivity index (χ1) is 6.87. The number of benzene rings is 1. The third kappa shape index (κ3) is 4.94. The van der Waals surface area contributed by atoms with Gasteiger partial charge in [0.05, 0.1) is 0 Å². The molecule has 0 unspecified atom stereocenters. The van der Waals surface area contributed by atoms with E-state index in [0.29, 0.717) is 5.69 Å². The van der Waals surface area contributed by atoms with Crippen LogP contribution in [0, 0.1) is 0 Å². The zero-order chi connectivity index (χ0) is 11.5. The molecular formula is C9H10BrNO3S. The van der Waals surface area contributed by atoms with Crippen LogP contribution in [0.1, 0.15) is 0 Å². The maximum atomic E-state index is 11.2. The van der Waals surface area contributed by atoms with Crippen molar-refractivity contribution in [3.05, 3.63) is 28.7 Å². The van der Waals surface area contributed by atoms with Crippen molar-refractivity contribution in [3.8, 4) is 0 Å². The summed E-state index contributed by atoms with van der Waals surface area (Å²) >= 11 is 3.25. The van der Waals surface area contributed by atoms with Crippen molar-refractivity contribution in [2.75, 3.05) is 17.3 Å². The fourth-order valence-corrected chi connectivity index (χ4v) is 1.78. The molecule has 0 atom stereocenters. The number of hydrogen-bond donors (Lipinski definition) is 1. The predicted octanol–water partition coefficient (Wildman–Crippen LogP) is 1.43. The second-order valence-electron chi connectivity index (χ2n) is 3.13. The van der Waals surface area contributed by atoms with Gasteiger partial charge in [0.15, 0.2) is 9.84 Å². The van der Waals surface area contributed by atoms with Crippen LogP contribution >= 0.6 is 15.9 Å². The smallest absolute Gasteiger partial charge is 0.239 e. The summed E-state index contributed by atoms with van der Waals surface area (Å²) in [4.78, 5) is 11.2. The van der Waals surface area contributed by atoms with Gasteiger partial charge in [0.1, 0.15) is 5.75 Å². The summed E-state index contributed by atoms with van der Waals surface area (Å²) in [7, 11) is -3.27. The molecule has 15 heavy (non-hydrogen) atoms. The minimum Gasteiger partial charge on any atom is -0.325 e. The number of nitrogens with one attached hydrogen (secondary N) is 1. The summed E-state index contributed by atoms with van der Waals surface area (Å²) < 4.78 is 22.5. The standard InChI is InChI=1S/C9H10BrNO3S/c1-15(13,14)6-9(12)11-8-4-2-7(10)3-5-8/h2-5H,6H2,1H3,(H,11,12). The number of rotatable bonds is 3. The highest BCUT2D eigenvalue weighted by Crippen LogP contribution is 2.13. The first-order valence-corrected chi connectivity index (χ1v) is 6.95. The van der Waals surface area contributed by atoms with Crippen molar-refractivity contribution in [3.63, 3.8) is 0 Å². The van der Waals surface area contributed by atoms with E-state index in [-0.39, 0.29) is 0 Å². The van der Waals surface area contributed by atoms with Gasteiger partial charge in [0.2, 0.25) is 5.91 Å². The van der Waals surface area contributed by atoms with E-state index < -0.39 is 21.5 Å². The Balaban J connectivity index is 2.63. The van der Waals surface area contributed by atoms with E-state index in [4.69, 9.17) is 0 Å². The number of carbonyl (C=O) groups excluding carboxylic acids is 1. The molecule has 0 heterocycles. The largest absolute Gasteiger partial charge is 0.325 e. The first kappa shape index (κ1) is 12.2. The Morgan fingerprint density at radius 2 is 1.87 bits per heavy atom. The van der Waals surface area contributed by atoms with E-state index in [1.54, 1.807) is 24.3 Å². The van der Waals surface area contributed by atoms with Gasteiger partial charge in [-0.3, -0.25) is 4.79 Å². The topological polar surface area (TPSA) is 63.2 Å². The normalized spacial score (nSPS) is 11.1. The van der Waals surface area contributed by atoms with Crippen LogP contribution in [0.5, 0.6) is 0 Å². The number of anilines is 1. The molecule has 0 saturated heterocycles. The van der Waals surface area contributed by atoms with Crippen molar-refractivity contribution in [1.29, 1.82) is 0 Å². The average Bonchev–Trinajstić information content (AvgIpc) is 2.05. The molecule has 1 rings (SSSR count). The molecule has 0 saturated carbocycles. The van der Waals surface area contributed by atoms with Crippen LogP contribution < -0.4 is 5.32 Å². The SMILES string of the molecule is CS(=O)(=O)CC(=O)Nc1ccc(Br)cc1. The van der Waals surface area contributed by atoms with E-state index in [1.165, 1.54) is 0 Å². The number of hydrogen-bond acceptors (Lipinski definition) is 3. The second kappa shape index (κ2) is 4.76. The van der Waals surface area contributed by atoms with Crippen molar-refractivity contribution in [2.24, 2.45) is 0 Å². The molecule has 1 amide bonds. The Bertz CT molecular complexity index is 453. The van der Waals surface area contributed by atoms with Gasteiger partial charge in [0.25, 0.3) is 0 Å². The minimum absolute atomic E-state index is 0.497. The van der Waals surface area contributed by atoms with Gasteiger partial charge in [-0.25, -0.2) is 8.42 Å². The molecule has 0 aliphatic heterocycles. The monoisotopic (exact) mass is 291 g/mol. The van der Waals surface area contributed by atoms with Gasteiger partial charge >= 0.3 is 0 Å². The van der Waals surface area contributed by atoms with Gasteiger partial charge in [-0.05, 0) is 24.3 Å². The van der Waals surface area contributed by atoms with Crippen LogP contribution in [0.15, 0.2) is 28.7 Å². The number of carbonyl (C=O) groups is 1. The molecule has 4 nitrogen and oxygen atoms in total. The average molecular weight is 292 g/mol. The van der Waals surface area contributed by atoms with Crippen LogP contribution in [0.3, 0.4) is 0 Å². The van der Waals surface area contributed by atoms with Gasteiger partial charge in [-0.15, -0.1) is 0 Å². The maximum Gasteiger partial charge on any atom is 0.239 e. The summed E-state index contributed by atoms with van der Waals surface area (Å²) in [6, 6.07) is 6.89. The Hall–Kier alpha value is -0.880. The zero-order valence-corrected chi connectivity index (χ0v) is 10.4. The Labute approximate surface area is 96.7 Å². The molecule has 82 valence electrons. The lowest BCUT2D eigenvalue weighted by molar-refractivity contribution is -0.113. The fraction of sp³-hybridized carbons (Fsp3) is 0.222. The van der Waals surface area contributed by atoms with E-state index in [2.05, 4.69) is 21.2 Å². The Morgan fingerprint density at radius 3 is 2.33 bits per heavy atom. The number of halogens is 1. The molecule has 6 heteroatoms. The molecule has 0 aliphatic carbocycles. The zero-order valence-electron chi connectivity index (χ0n) is 8.03. The van der Waals surface area contributed by atoms with E-state index in [9.17, 15) is 13.2 Å². The van der Waals surface area contributed by atoms with Crippen LogP contribution in [-0.4, -0.2) is 26.3 Å². The third-order valence-electron chi connectivity index (χ3n) is 1.52. The quantitative estimate of drug-likeness (QED) is 0.916. The molecule has 0 aromatic heterocycles. The predicted molar refractivity (Wildman–Crippen MR) is 62.5 cm³/mol. The lowest BCUT2D eigenvalue weighted by atomic mass is 10.3. The summed E-state index contributed by atoms with van der Waals surface area (Å²) in [6.45, 7) is 0. The van der Waals surface area contributed by atoms with Crippen molar-refractivity contribution >= 4 is 37.4 Å². The molecule has 0 spiro atoms. The van der Waals surface area contributed by atoms with Crippen molar-refractivity contribution < 1.29 is 13.2 Å². The lowest BCUT2D eigenvalue weighted by Crippen LogP contribution is -2.21. The second-order valence-corrected chi connectivity index (χ2v) is 6.18. The van der Waals surface area contributed by atoms with Gasteiger partial charge in [-0.2, -0.15) is 0 Å². The summed E-state index contributed by atoms with van der Waals surface area (Å²) in [5, 5.41) is 2.49. The molecular weight excluding hydrogens is 282 g/mol. The van der Waals surface area contributed by atoms with Gasteiger partial charge in [0, 0.05) is 16.4 Å². The van der Waals surface area contributed by atoms with Crippen LogP contribution in [0.4, 0.5) is 5.69 Å². The van der Waals surface area contributed by atoms with Gasteiger partial charge < -0.3 is 5.32 Å². The highest BCUT2D eigenvalue weighted by molar-refractivity contribution is 9.10. The molecule has 1 aromatic carbocycles. The Kier molecular flexibility index (Phi) is 3.87. The van der Waals surface area contributed by atoms with Crippen LogP contribution in [0.2, 0.25) is 0 Å². The number of sulfone groups is 1. The van der Waals surface area contributed by atoms with E-state index in [0.717, 1.165) is 10.7 Å². The highest BCUT2D eigenvalue weighted by atomic mass is 79.9. The fourth-order valence-electron chi connectivity index (χ4n) is 0.968. The first-order valence-electron chi connectivity index (χ1n) is 4.10. The minimum atomic E-state index is -3.27. The molecule has 1 aromatic rings. The Morgan fingerprint density at radius 1 is 1.33 bits per heavy atom. The molecule has 0 radical (unpaired) electrons. The van der Waals surface area contributed by atoms with E-state index >= 15 is 0 Å². The summed E-state index contributed by atoms with van der Waals surface area (Å²) in [5.74, 6) is -1.02. The highest BCUT2D eigenvalue weighted by Gasteiger charge is 2.10. The maximum absolute atomic E-state index is 11.2. The molecule has 1 N–H and O–H groups in total. The molecule has 0 aliphatic rings. The van der Waals surface area contributed by atoms with Crippen molar-refractivity contribution in [2.45, 2.75) is 0 Å². The summed E-state index contributed by atoms with van der Waals surface area (Å²) in [5.41, 5.74) is 0.576. The van der Waals surface area contributed by atoms with Crippen LogP contribution in [0.25, 0.3) is 0 Å². The number of amides is 1. The molecule has 0 fully saturated rings. The lowest BCUT2D eigenvalue weighted by Gasteiger charge is -2.03. The third-order valence-corrected chi connectivity index (χ3v) is 2.84. The van der Waals surface area contributed by atoms with Crippen LogP contribution in [-0.2, 0) is 14.6 Å². The summed E-state index contributed by atoms with van der Waals surface area (Å²) in [6.07, 6.45) is 1.02.